The highest BCUT2D eigenvalue weighted by Gasteiger charge is 2.29. The largest absolute Gasteiger partial charge is 0.480 e. The third-order valence-corrected chi connectivity index (χ3v) is 2.55. The van der Waals surface area contributed by atoms with E-state index in [4.69, 9.17) is 5.11 Å². The maximum absolute atomic E-state index is 10.7. The van der Waals surface area contributed by atoms with Gasteiger partial charge in [-0.05, 0) is 30.5 Å². The lowest BCUT2D eigenvalue weighted by molar-refractivity contribution is -0.139. The Bertz CT molecular complexity index is 326. The smallest absolute Gasteiger partial charge is 0.320 e. The van der Waals surface area contributed by atoms with Crippen LogP contribution in [-0.4, -0.2) is 22.1 Å². The average molecular weight is 192 g/mol. The van der Waals surface area contributed by atoms with E-state index in [0.717, 1.165) is 12.0 Å². The van der Waals surface area contributed by atoms with Crippen molar-refractivity contribution in [3.8, 4) is 0 Å². The van der Waals surface area contributed by atoms with Crippen molar-refractivity contribution in [2.75, 3.05) is 0 Å². The molecule has 4 heteroatoms. The molecule has 74 valence electrons. The van der Waals surface area contributed by atoms with Crippen molar-refractivity contribution < 1.29 is 9.90 Å². The number of nitrogens with zero attached hydrogens (tertiary/aromatic N) is 1. The third kappa shape index (κ3) is 1.75. The zero-order valence-corrected chi connectivity index (χ0v) is 7.68. The van der Waals surface area contributed by atoms with Gasteiger partial charge in [0.2, 0.25) is 0 Å². The van der Waals surface area contributed by atoms with E-state index in [1.807, 2.05) is 12.1 Å². The van der Waals surface area contributed by atoms with Gasteiger partial charge in [0.05, 0.1) is 0 Å². The van der Waals surface area contributed by atoms with E-state index < -0.39 is 12.0 Å². The topological polar surface area (TPSA) is 62.2 Å². The minimum Gasteiger partial charge on any atom is -0.480 e. The van der Waals surface area contributed by atoms with Crippen molar-refractivity contribution in [2.24, 2.45) is 0 Å². The number of aromatic nitrogens is 1. The molecule has 2 unspecified atom stereocenters. The number of rotatable bonds is 2. The molecule has 1 aliphatic rings. The molecule has 0 spiro atoms. The second-order valence-corrected chi connectivity index (χ2v) is 3.47. The quantitative estimate of drug-likeness (QED) is 0.732. The van der Waals surface area contributed by atoms with Gasteiger partial charge in [-0.25, -0.2) is 0 Å². The summed E-state index contributed by atoms with van der Waals surface area (Å²) < 4.78 is 0. The zero-order valence-electron chi connectivity index (χ0n) is 7.68. The van der Waals surface area contributed by atoms with Crippen LogP contribution in [0.5, 0.6) is 0 Å². The maximum atomic E-state index is 10.7. The lowest BCUT2D eigenvalue weighted by Gasteiger charge is -2.11. The lowest BCUT2D eigenvalue weighted by Crippen LogP contribution is -2.31. The SMILES string of the molecule is O=C(O)C1CCC(c2ccncc2)N1. The summed E-state index contributed by atoms with van der Waals surface area (Å²) in [7, 11) is 0. The summed E-state index contributed by atoms with van der Waals surface area (Å²) in [5.74, 6) is -0.762. The number of carbonyl (C=O) groups is 1. The number of carboxylic acid groups (broad SMARTS) is 1. The van der Waals surface area contributed by atoms with Crippen molar-refractivity contribution in [1.29, 1.82) is 0 Å². The molecular formula is C10H12N2O2. The Hall–Kier alpha value is -1.42. The molecule has 4 nitrogen and oxygen atoms in total. The molecule has 0 amide bonds. The first kappa shape index (κ1) is 9.15. The summed E-state index contributed by atoms with van der Waals surface area (Å²) >= 11 is 0. The molecule has 14 heavy (non-hydrogen) atoms. The fourth-order valence-corrected chi connectivity index (χ4v) is 1.80. The van der Waals surface area contributed by atoms with Crippen LogP contribution in [0.15, 0.2) is 24.5 Å². The first-order chi connectivity index (χ1) is 6.77. The van der Waals surface area contributed by atoms with Gasteiger partial charge in [0.1, 0.15) is 6.04 Å². The minimum atomic E-state index is -0.762. The van der Waals surface area contributed by atoms with Gasteiger partial charge in [0.25, 0.3) is 0 Å². The first-order valence-electron chi connectivity index (χ1n) is 4.66. The molecule has 0 saturated carbocycles. The van der Waals surface area contributed by atoms with Crippen molar-refractivity contribution >= 4 is 5.97 Å². The zero-order chi connectivity index (χ0) is 9.97. The van der Waals surface area contributed by atoms with Gasteiger partial charge >= 0.3 is 5.97 Å². The molecule has 2 rings (SSSR count). The van der Waals surface area contributed by atoms with E-state index in [-0.39, 0.29) is 6.04 Å². The summed E-state index contributed by atoms with van der Waals surface area (Å²) in [5.41, 5.74) is 1.11. The summed E-state index contributed by atoms with van der Waals surface area (Å²) in [6.07, 6.45) is 5.03. The van der Waals surface area contributed by atoms with Crippen LogP contribution in [0.4, 0.5) is 0 Å². The number of hydrogen-bond acceptors (Lipinski definition) is 3. The van der Waals surface area contributed by atoms with Gasteiger partial charge in [-0.1, -0.05) is 0 Å². The lowest BCUT2D eigenvalue weighted by atomic mass is 10.1. The van der Waals surface area contributed by atoms with E-state index in [9.17, 15) is 4.79 Å². The number of aliphatic carboxylic acids is 1. The number of pyridine rings is 1. The van der Waals surface area contributed by atoms with Crippen LogP contribution in [0, 0.1) is 0 Å². The summed E-state index contributed by atoms with van der Waals surface area (Å²) in [4.78, 5) is 14.6. The van der Waals surface area contributed by atoms with Crippen molar-refractivity contribution in [3.05, 3.63) is 30.1 Å². The van der Waals surface area contributed by atoms with E-state index in [1.165, 1.54) is 0 Å². The number of nitrogens with one attached hydrogen (secondary N) is 1. The van der Waals surface area contributed by atoms with Gasteiger partial charge in [-0.2, -0.15) is 0 Å². The highest BCUT2D eigenvalue weighted by Crippen LogP contribution is 2.25. The highest BCUT2D eigenvalue weighted by molar-refractivity contribution is 5.73. The maximum Gasteiger partial charge on any atom is 0.320 e. The molecule has 0 aliphatic carbocycles. The van der Waals surface area contributed by atoms with Gasteiger partial charge in [-0.3, -0.25) is 15.1 Å². The summed E-state index contributed by atoms with van der Waals surface area (Å²) in [6.45, 7) is 0. The van der Waals surface area contributed by atoms with Gasteiger partial charge in [-0.15, -0.1) is 0 Å². The Morgan fingerprint density at radius 2 is 2.14 bits per heavy atom. The van der Waals surface area contributed by atoms with E-state index in [2.05, 4.69) is 10.3 Å². The molecule has 1 saturated heterocycles. The number of hydrogen-bond donors (Lipinski definition) is 2. The monoisotopic (exact) mass is 192 g/mol. The molecule has 1 aromatic heterocycles. The molecule has 1 aromatic rings. The molecule has 0 bridgehead atoms. The highest BCUT2D eigenvalue weighted by atomic mass is 16.4. The van der Waals surface area contributed by atoms with Gasteiger partial charge in [0, 0.05) is 18.4 Å². The molecule has 1 fully saturated rings. The van der Waals surface area contributed by atoms with Crippen molar-refractivity contribution in [2.45, 2.75) is 24.9 Å². The Morgan fingerprint density at radius 1 is 1.43 bits per heavy atom. The summed E-state index contributed by atoms with van der Waals surface area (Å²) in [6, 6.07) is 3.61. The molecule has 2 atom stereocenters. The van der Waals surface area contributed by atoms with Crippen LogP contribution < -0.4 is 5.32 Å². The molecule has 1 aliphatic heterocycles. The second kappa shape index (κ2) is 3.75. The Balaban J connectivity index is 2.06. The predicted octanol–water partition coefficient (Wildman–Crippen LogP) is 0.959. The number of carboxylic acids is 1. The van der Waals surface area contributed by atoms with Crippen molar-refractivity contribution in [1.82, 2.24) is 10.3 Å². The third-order valence-electron chi connectivity index (χ3n) is 2.55. The molecule has 2 heterocycles. The van der Waals surface area contributed by atoms with Crippen LogP contribution in [0.1, 0.15) is 24.4 Å². The minimum absolute atomic E-state index is 0.166. The van der Waals surface area contributed by atoms with Crippen LogP contribution in [0.25, 0.3) is 0 Å². The summed E-state index contributed by atoms with van der Waals surface area (Å²) in [5, 5.41) is 11.9. The standard InChI is InChI=1S/C10H12N2O2/c13-10(14)9-2-1-8(12-9)7-3-5-11-6-4-7/h3-6,8-9,12H,1-2H2,(H,13,14). The second-order valence-electron chi connectivity index (χ2n) is 3.47. The Kier molecular flexibility index (Phi) is 2.45. The normalized spacial score (nSPS) is 26.3. The van der Waals surface area contributed by atoms with Crippen LogP contribution in [0.3, 0.4) is 0 Å². The van der Waals surface area contributed by atoms with Gasteiger partial charge < -0.3 is 5.11 Å². The van der Waals surface area contributed by atoms with E-state index >= 15 is 0 Å². The van der Waals surface area contributed by atoms with E-state index in [0.29, 0.717) is 6.42 Å². The first-order valence-corrected chi connectivity index (χ1v) is 4.66. The Morgan fingerprint density at radius 3 is 2.71 bits per heavy atom. The van der Waals surface area contributed by atoms with Crippen LogP contribution >= 0.6 is 0 Å². The Labute approximate surface area is 82.0 Å². The van der Waals surface area contributed by atoms with Crippen LogP contribution in [-0.2, 0) is 4.79 Å². The predicted molar refractivity (Wildman–Crippen MR) is 50.8 cm³/mol. The van der Waals surface area contributed by atoms with Crippen molar-refractivity contribution in [3.63, 3.8) is 0 Å². The van der Waals surface area contributed by atoms with E-state index in [1.54, 1.807) is 12.4 Å². The van der Waals surface area contributed by atoms with Gasteiger partial charge in [0.15, 0.2) is 0 Å². The molecule has 2 N–H and O–H groups in total. The fraction of sp³-hybridized carbons (Fsp3) is 0.400. The van der Waals surface area contributed by atoms with Crippen LogP contribution in [0.2, 0.25) is 0 Å². The molecule has 0 aromatic carbocycles. The fourth-order valence-electron chi connectivity index (χ4n) is 1.80. The average Bonchev–Trinajstić information content (AvgIpc) is 2.68. The molecular weight excluding hydrogens is 180 g/mol. The molecule has 0 radical (unpaired) electrons.